The average molecular weight is 481 g/mol. The number of anilines is 1. The van der Waals surface area contributed by atoms with Crippen LogP contribution in [-0.2, 0) is 27.9 Å². The van der Waals surface area contributed by atoms with Gasteiger partial charge in [-0.1, -0.05) is 23.8 Å². The van der Waals surface area contributed by atoms with Crippen LogP contribution in [-0.4, -0.2) is 38.9 Å². The summed E-state index contributed by atoms with van der Waals surface area (Å²) in [6.45, 7) is 4.58. The third-order valence-electron chi connectivity index (χ3n) is 5.83. The van der Waals surface area contributed by atoms with Gasteiger partial charge in [0.05, 0.1) is 18.6 Å². The van der Waals surface area contributed by atoms with Crippen molar-refractivity contribution in [3.8, 4) is 11.5 Å². The summed E-state index contributed by atoms with van der Waals surface area (Å²) in [4.78, 5) is 14.3. The summed E-state index contributed by atoms with van der Waals surface area (Å²) >= 11 is 0. The second kappa shape index (κ2) is 9.87. The molecule has 0 aliphatic carbocycles. The molecule has 0 unspecified atom stereocenters. The number of methoxy groups -OCH3 is 1. The Kier molecular flexibility index (Phi) is 6.90. The zero-order valence-corrected chi connectivity index (χ0v) is 20.3. The molecule has 3 aromatic carbocycles. The van der Waals surface area contributed by atoms with E-state index in [0.29, 0.717) is 18.0 Å². The number of carbonyl (C=O) groups excluding carboxylic acids is 1. The minimum Gasteiger partial charge on any atom is -0.497 e. The van der Waals surface area contributed by atoms with E-state index in [-0.39, 0.29) is 30.5 Å². The molecule has 34 heavy (non-hydrogen) atoms. The van der Waals surface area contributed by atoms with Crippen LogP contribution in [0.3, 0.4) is 0 Å². The minimum absolute atomic E-state index is 0.0706. The monoisotopic (exact) mass is 480 g/mol. The summed E-state index contributed by atoms with van der Waals surface area (Å²) < 4.78 is 39.0. The highest BCUT2D eigenvalue weighted by Gasteiger charge is 2.28. The van der Waals surface area contributed by atoms with Crippen LogP contribution in [0.2, 0.25) is 0 Å². The number of rotatable bonds is 6. The third kappa shape index (κ3) is 5.08. The van der Waals surface area contributed by atoms with Gasteiger partial charge in [0, 0.05) is 31.3 Å². The smallest absolute Gasteiger partial charge is 0.243 e. The summed E-state index contributed by atoms with van der Waals surface area (Å²) in [5.74, 6) is 1.18. The first kappa shape index (κ1) is 23.8. The van der Waals surface area contributed by atoms with Crippen LogP contribution >= 0.6 is 0 Å². The van der Waals surface area contributed by atoms with Crippen molar-refractivity contribution in [3.63, 3.8) is 0 Å². The van der Waals surface area contributed by atoms with E-state index in [0.717, 1.165) is 22.4 Å². The van der Waals surface area contributed by atoms with Gasteiger partial charge in [-0.3, -0.25) is 4.79 Å². The van der Waals surface area contributed by atoms with E-state index in [2.05, 4.69) is 0 Å². The van der Waals surface area contributed by atoms with Gasteiger partial charge < -0.3 is 14.4 Å². The predicted molar refractivity (Wildman–Crippen MR) is 131 cm³/mol. The minimum atomic E-state index is -3.72. The third-order valence-corrected chi connectivity index (χ3v) is 7.69. The molecule has 178 valence electrons. The Bertz CT molecular complexity index is 1270. The van der Waals surface area contributed by atoms with Crippen molar-refractivity contribution in [3.05, 3.63) is 83.4 Å². The molecular formula is C26H28N2O5S. The Morgan fingerprint density at radius 1 is 1.06 bits per heavy atom. The lowest BCUT2D eigenvalue weighted by atomic mass is 10.1. The van der Waals surface area contributed by atoms with Gasteiger partial charge >= 0.3 is 0 Å². The summed E-state index contributed by atoms with van der Waals surface area (Å²) in [6.07, 6.45) is 0. The summed E-state index contributed by atoms with van der Waals surface area (Å²) in [5.41, 5.74) is 3.59. The maximum atomic E-state index is 13.3. The highest BCUT2D eigenvalue weighted by molar-refractivity contribution is 7.89. The van der Waals surface area contributed by atoms with Crippen LogP contribution in [0, 0.1) is 6.92 Å². The molecule has 8 heteroatoms. The molecule has 1 aliphatic rings. The standard InChI is InChI=1S/C26H28N2O5S/c1-19-4-7-23(8-5-19)28(20(2)29)17-21-6-13-26-22(16-21)18-27(14-15-33-26)34(30,31)25-11-9-24(32-3)10-12-25/h4-13,16H,14-15,17-18H2,1-3H3. The van der Waals surface area contributed by atoms with E-state index in [1.54, 1.807) is 29.2 Å². The fourth-order valence-electron chi connectivity index (χ4n) is 3.92. The molecule has 0 fully saturated rings. The lowest BCUT2D eigenvalue weighted by Gasteiger charge is -2.23. The zero-order valence-electron chi connectivity index (χ0n) is 19.5. The molecule has 0 N–H and O–H groups in total. The molecule has 0 bridgehead atoms. The Labute approximate surface area is 200 Å². The molecule has 0 spiro atoms. The molecule has 4 rings (SSSR count). The second-order valence-electron chi connectivity index (χ2n) is 8.25. The largest absolute Gasteiger partial charge is 0.497 e. The van der Waals surface area contributed by atoms with Gasteiger partial charge in [-0.05, 0) is 61.0 Å². The van der Waals surface area contributed by atoms with Crippen LogP contribution in [0.5, 0.6) is 11.5 Å². The van der Waals surface area contributed by atoms with Crippen LogP contribution in [0.15, 0.2) is 71.6 Å². The Morgan fingerprint density at radius 3 is 2.41 bits per heavy atom. The quantitative estimate of drug-likeness (QED) is 0.530. The number of nitrogens with zero attached hydrogens (tertiary/aromatic N) is 2. The fraction of sp³-hybridized carbons (Fsp3) is 0.269. The zero-order chi connectivity index (χ0) is 24.3. The molecule has 0 saturated carbocycles. The molecule has 3 aromatic rings. The number of fused-ring (bicyclic) bond motifs is 1. The predicted octanol–water partition coefficient (Wildman–Crippen LogP) is 4.14. The Balaban J connectivity index is 1.59. The second-order valence-corrected chi connectivity index (χ2v) is 10.2. The topological polar surface area (TPSA) is 76.2 Å². The Morgan fingerprint density at radius 2 is 1.76 bits per heavy atom. The van der Waals surface area contributed by atoms with Gasteiger partial charge in [-0.15, -0.1) is 0 Å². The maximum Gasteiger partial charge on any atom is 0.243 e. The van der Waals surface area contributed by atoms with Crippen molar-refractivity contribution < 1.29 is 22.7 Å². The van der Waals surface area contributed by atoms with Gasteiger partial charge in [-0.2, -0.15) is 4.31 Å². The highest BCUT2D eigenvalue weighted by Crippen LogP contribution is 2.29. The van der Waals surface area contributed by atoms with Crippen LogP contribution in [0.4, 0.5) is 5.69 Å². The number of benzene rings is 3. The van der Waals surface area contributed by atoms with E-state index in [1.807, 2.05) is 49.4 Å². The van der Waals surface area contributed by atoms with Crippen molar-refractivity contribution in [2.45, 2.75) is 31.8 Å². The number of amides is 1. The van der Waals surface area contributed by atoms with E-state index in [4.69, 9.17) is 9.47 Å². The molecule has 0 atom stereocenters. The van der Waals surface area contributed by atoms with E-state index in [1.165, 1.54) is 18.3 Å². The van der Waals surface area contributed by atoms with E-state index >= 15 is 0 Å². The number of sulfonamides is 1. The van der Waals surface area contributed by atoms with Crippen molar-refractivity contribution >= 4 is 21.6 Å². The van der Waals surface area contributed by atoms with Crippen LogP contribution in [0.25, 0.3) is 0 Å². The molecular weight excluding hydrogens is 452 g/mol. The van der Waals surface area contributed by atoms with Gasteiger partial charge in [0.2, 0.25) is 15.9 Å². The normalized spacial score (nSPS) is 14.0. The summed E-state index contributed by atoms with van der Waals surface area (Å²) in [7, 11) is -2.18. The lowest BCUT2D eigenvalue weighted by molar-refractivity contribution is -0.116. The summed E-state index contributed by atoms with van der Waals surface area (Å²) in [5, 5.41) is 0. The lowest BCUT2D eigenvalue weighted by Crippen LogP contribution is -2.32. The van der Waals surface area contributed by atoms with Crippen molar-refractivity contribution in [2.24, 2.45) is 0 Å². The molecule has 0 saturated heterocycles. The first-order chi connectivity index (χ1) is 16.3. The number of aryl methyl sites for hydroxylation is 1. The molecule has 7 nitrogen and oxygen atoms in total. The van der Waals surface area contributed by atoms with Gasteiger partial charge in [0.1, 0.15) is 18.1 Å². The van der Waals surface area contributed by atoms with Crippen molar-refractivity contribution in [1.29, 1.82) is 0 Å². The van der Waals surface area contributed by atoms with Gasteiger partial charge in [-0.25, -0.2) is 8.42 Å². The molecule has 0 aromatic heterocycles. The highest BCUT2D eigenvalue weighted by atomic mass is 32.2. The van der Waals surface area contributed by atoms with Crippen LogP contribution < -0.4 is 14.4 Å². The van der Waals surface area contributed by atoms with Crippen molar-refractivity contribution in [2.75, 3.05) is 25.2 Å². The number of hydrogen-bond acceptors (Lipinski definition) is 5. The Hall–Kier alpha value is -3.36. The van der Waals surface area contributed by atoms with Crippen LogP contribution in [0.1, 0.15) is 23.6 Å². The number of carbonyl (C=O) groups is 1. The molecule has 1 aliphatic heterocycles. The van der Waals surface area contributed by atoms with E-state index < -0.39 is 10.0 Å². The van der Waals surface area contributed by atoms with Gasteiger partial charge in [0.25, 0.3) is 0 Å². The molecule has 1 heterocycles. The average Bonchev–Trinajstić information content (AvgIpc) is 3.06. The maximum absolute atomic E-state index is 13.3. The number of hydrogen-bond donors (Lipinski definition) is 0. The summed E-state index contributed by atoms with van der Waals surface area (Å²) in [6, 6.07) is 19.8. The fourth-order valence-corrected chi connectivity index (χ4v) is 5.32. The van der Waals surface area contributed by atoms with Crippen molar-refractivity contribution in [1.82, 2.24) is 4.31 Å². The first-order valence-electron chi connectivity index (χ1n) is 11.0. The van der Waals surface area contributed by atoms with Gasteiger partial charge in [0.15, 0.2) is 0 Å². The molecule has 0 radical (unpaired) electrons. The first-order valence-corrected chi connectivity index (χ1v) is 12.5. The van der Waals surface area contributed by atoms with E-state index in [9.17, 15) is 13.2 Å². The SMILES string of the molecule is COc1ccc(S(=O)(=O)N2CCOc3ccc(CN(C(C)=O)c4ccc(C)cc4)cc3C2)cc1. The molecule has 1 amide bonds. The number of ether oxygens (including phenoxy) is 2.